The number of carbonyl (C=O) groups is 1. The van der Waals surface area contributed by atoms with Gasteiger partial charge in [0.25, 0.3) is 0 Å². The summed E-state index contributed by atoms with van der Waals surface area (Å²) >= 11 is 0. The number of benzene rings is 1. The number of aromatic nitrogens is 1. The highest BCUT2D eigenvalue weighted by molar-refractivity contribution is 5.76. The third kappa shape index (κ3) is 3.99. The average molecular weight is 313 g/mol. The minimum atomic E-state index is 0.185. The molecular weight excluding hydrogens is 290 g/mol. The maximum atomic E-state index is 12.3. The molecule has 1 unspecified atom stereocenters. The third-order valence-corrected chi connectivity index (χ3v) is 4.35. The van der Waals surface area contributed by atoms with Crippen molar-refractivity contribution in [2.45, 2.75) is 31.7 Å². The largest absolute Gasteiger partial charge is 0.441 e. The Labute approximate surface area is 136 Å². The van der Waals surface area contributed by atoms with Gasteiger partial charge in [-0.2, -0.15) is 0 Å². The molecule has 122 valence electrons. The smallest absolute Gasteiger partial charge is 0.223 e. The molecule has 1 fully saturated rings. The number of nitrogens with zero attached hydrogens (tertiary/aromatic N) is 2. The van der Waals surface area contributed by atoms with Crippen LogP contribution < -0.4 is 5.32 Å². The van der Waals surface area contributed by atoms with Gasteiger partial charge < -0.3 is 14.6 Å². The van der Waals surface area contributed by atoms with Gasteiger partial charge in [0.1, 0.15) is 0 Å². The monoisotopic (exact) mass is 313 g/mol. The van der Waals surface area contributed by atoms with E-state index in [4.69, 9.17) is 4.42 Å². The molecule has 1 aromatic carbocycles. The lowest BCUT2D eigenvalue weighted by molar-refractivity contribution is -0.132. The van der Waals surface area contributed by atoms with E-state index in [9.17, 15) is 4.79 Å². The summed E-state index contributed by atoms with van der Waals surface area (Å²) in [7, 11) is 1.95. The Hall–Kier alpha value is -2.14. The Morgan fingerprint density at radius 3 is 3.00 bits per heavy atom. The van der Waals surface area contributed by atoms with Crippen LogP contribution >= 0.6 is 0 Å². The van der Waals surface area contributed by atoms with Crippen LogP contribution in [-0.4, -0.2) is 42.0 Å². The number of piperidine rings is 1. The fourth-order valence-electron chi connectivity index (χ4n) is 2.97. The molecule has 5 nitrogen and oxygen atoms in total. The van der Waals surface area contributed by atoms with Crippen LogP contribution in [0.5, 0.6) is 0 Å². The molecule has 1 saturated heterocycles. The van der Waals surface area contributed by atoms with Gasteiger partial charge in [-0.15, -0.1) is 0 Å². The van der Waals surface area contributed by atoms with Crippen molar-refractivity contribution in [2.24, 2.45) is 0 Å². The molecule has 2 heterocycles. The number of nitrogens with one attached hydrogen (secondary N) is 1. The zero-order valence-electron chi connectivity index (χ0n) is 13.5. The quantitative estimate of drug-likeness (QED) is 0.921. The number of likely N-dealkylation sites (tertiary alicyclic amines) is 1. The van der Waals surface area contributed by atoms with Gasteiger partial charge in [0.05, 0.1) is 6.20 Å². The first kappa shape index (κ1) is 15.7. The Morgan fingerprint density at radius 2 is 2.22 bits per heavy atom. The standard InChI is InChI=1S/C18H23N3O2/c1-19-15-8-5-11-21(13-15)18(22)10-9-17-20-12-16(23-17)14-6-3-2-4-7-14/h2-4,6-7,12,15,19H,5,8-11,13H2,1H3. The lowest BCUT2D eigenvalue weighted by atomic mass is 10.1. The van der Waals surface area contributed by atoms with Gasteiger partial charge in [-0.1, -0.05) is 30.3 Å². The molecule has 0 aliphatic carbocycles. The predicted molar refractivity (Wildman–Crippen MR) is 88.9 cm³/mol. The highest BCUT2D eigenvalue weighted by atomic mass is 16.4. The Bertz CT molecular complexity index is 639. The fourth-order valence-corrected chi connectivity index (χ4v) is 2.97. The second kappa shape index (κ2) is 7.42. The summed E-state index contributed by atoms with van der Waals surface area (Å²) < 4.78 is 5.76. The molecule has 23 heavy (non-hydrogen) atoms. The van der Waals surface area contributed by atoms with Crippen molar-refractivity contribution in [1.82, 2.24) is 15.2 Å². The van der Waals surface area contributed by atoms with Crippen LogP contribution in [0.3, 0.4) is 0 Å². The second-order valence-corrected chi connectivity index (χ2v) is 5.95. The van der Waals surface area contributed by atoms with Gasteiger partial charge >= 0.3 is 0 Å². The molecule has 0 bridgehead atoms. The molecule has 0 saturated carbocycles. The van der Waals surface area contributed by atoms with E-state index in [1.165, 1.54) is 0 Å². The van der Waals surface area contributed by atoms with E-state index in [-0.39, 0.29) is 5.91 Å². The molecule has 1 N–H and O–H groups in total. The van der Waals surface area contributed by atoms with Crippen molar-refractivity contribution in [2.75, 3.05) is 20.1 Å². The molecule has 1 aliphatic rings. The minimum absolute atomic E-state index is 0.185. The molecule has 0 spiro atoms. The fraction of sp³-hybridized carbons (Fsp3) is 0.444. The molecule has 5 heteroatoms. The average Bonchev–Trinajstić information content (AvgIpc) is 3.09. The van der Waals surface area contributed by atoms with Crippen molar-refractivity contribution in [1.29, 1.82) is 0 Å². The first-order chi connectivity index (χ1) is 11.3. The number of likely N-dealkylation sites (N-methyl/N-ethyl adjacent to an activating group) is 1. The van der Waals surface area contributed by atoms with Gasteiger partial charge in [-0.05, 0) is 19.9 Å². The zero-order chi connectivity index (χ0) is 16.1. The third-order valence-electron chi connectivity index (χ3n) is 4.35. The van der Waals surface area contributed by atoms with Gasteiger partial charge in [0.15, 0.2) is 11.7 Å². The zero-order valence-corrected chi connectivity index (χ0v) is 13.5. The summed E-state index contributed by atoms with van der Waals surface area (Å²) in [4.78, 5) is 18.6. The Morgan fingerprint density at radius 1 is 1.39 bits per heavy atom. The number of hydrogen-bond donors (Lipinski definition) is 1. The normalized spacial score (nSPS) is 18.1. The molecule has 1 aliphatic heterocycles. The van der Waals surface area contributed by atoms with Crippen molar-refractivity contribution in [3.05, 3.63) is 42.4 Å². The predicted octanol–water partition coefficient (Wildman–Crippen LogP) is 2.48. The van der Waals surface area contributed by atoms with Crippen molar-refractivity contribution >= 4 is 5.91 Å². The summed E-state index contributed by atoms with van der Waals surface area (Å²) in [6.07, 6.45) is 4.93. The number of carbonyl (C=O) groups excluding carboxylic acids is 1. The lowest BCUT2D eigenvalue weighted by Gasteiger charge is -2.32. The van der Waals surface area contributed by atoms with E-state index < -0.39 is 0 Å². The van der Waals surface area contributed by atoms with E-state index >= 15 is 0 Å². The highest BCUT2D eigenvalue weighted by Crippen LogP contribution is 2.20. The van der Waals surface area contributed by atoms with Gasteiger partial charge in [0.2, 0.25) is 5.91 Å². The van der Waals surface area contributed by atoms with E-state index in [0.717, 1.165) is 37.3 Å². The van der Waals surface area contributed by atoms with Crippen molar-refractivity contribution in [3.63, 3.8) is 0 Å². The van der Waals surface area contributed by atoms with Gasteiger partial charge in [-0.25, -0.2) is 4.98 Å². The summed E-state index contributed by atoms with van der Waals surface area (Å²) in [5, 5.41) is 3.26. The van der Waals surface area contributed by atoms with Crippen LogP contribution in [0.15, 0.2) is 40.9 Å². The molecule has 3 rings (SSSR count). The van der Waals surface area contributed by atoms with E-state index in [2.05, 4.69) is 10.3 Å². The molecule has 1 amide bonds. The SMILES string of the molecule is CNC1CCCN(C(=O)CCc2ncc(-c3ccccc3)o2)C1. The van der Waals surface area contributed by atoms with Crippen LogP contribution in [0, 0.1) is 0 Å². The van der Waals surface area contributed by atoms with Crippen LogP contribution in [0.1, 0.15) is 25.2 Å². The van der Waals surface area contributed by atoms with Crippen molar-refractivity contribution in [3.8, 4) is 11.3 Å². The molecular formula is C18H23N3O2. The Balaban J connectivity index is 1.54. The van der Waals surface area contributed by atoms with E-state index in [1.54, 1.807) is 6.20 Å². The maximum absolute atomic E-state index is 12.3. The lowest BCUT2D eigenvalue weighted by Crippen LogP contribution is -2.47. The van der Waals surface area contributed by atoms with Crippen LogP contribution in [0.4, 0.5) is 0 Å². The first-order valence-corrected chi connectivity index (χ1v) is 8.21. The number of oxazole rings is 1. The van der Waals surface area contributed by atoms with E-state index in [1.807, 2.05) is 42.3 Å². The summed E-state index contributed by atoms with van der Waals surface area (Å²) in [6, 6.07) is 10.3. The molecule has 1 atom stereocenters. The van der Waals surface area contributed by atoms with E-state index in [0.29, 0.717) is 24.8 Å². The van der Waals surface area contributed by atoms with Crippen LogP contribution in [-0.2, 0) is 11.2 Å². The van der Waals surface area contributed by atoms with Crippen LogP contribution in [0.25, 0.3) is 11.3 Å². The minimum Gasteiger partial charge on any atom is -0.441 e. The number of amides is 1. The highest BCUT2D eigenvalue weighted by Gasteiger charge is 2.22. The van der Waals surface area contributed by atoms with Crippen molar-refractivity contribution < 1.29 is 9.21 Å². The number of hydrogen-bond acceptors (Lipinski definition) is 4. The summed E-state index contributed by atoms with van der Waals surface area (Å²) in [6.45, 7) is 1.66. The number of aryl methyl sites for hydroxylation is 1. The molecule has 0 radical (unpaired) electrons. The molecule has 1 aromatic heterocycles. The summed E-state index contributed by atoms with van der Waals surface area (Å²) in [5.41, 5.74) is 1.01. The topological polar surface area (TPSA) is 58.4 Å². The van der Waals surface area contributed by atoms with Crippen LogP contribution in [0.2, 0.25) is 0 Å². The maximum Gasteiger partial charge on any atom is 0.223 e. The molecule has 2 aromatic rings. The summed E-state index contributed by atoms with van der Waals surface area (Å²) in [5.74, 6) is 1.56. The number of rotatable bonds is 5. The van der Waals surface area contributed by atoms with Gasteiger partial charge in [-0.3, -0.25) is 4.79 Å². The Kier molecular flexibility index (Phi) is 5.08. The first-order valence-electron chi connectivity index (χ1n) is 8.21. The second-order valence-electron chi connectivity index (χ2n) is 5.95. The van der Waals surface area contributed by atoms with Gasteiger partial charge in [0, 0.05) is 37.5 Å².